The van der Waals surface area contributed by atoms with Crippen LogP contribution in [0.25, 0.3) is 0 Å². The summed E-state index contributed by atoms with van der Waals surface area (Å²) >= 11 is 0. The van der Waals surface area contributed by atoms with Gasteiger partial charge in [0.25, 0.3) is 0 Å². The molecule has 0 unspecified atom stereocenters. The smallest absolute Gasteiger partial charge is 0.333 e. The lowest BCUT2D eigenvalue weighted by molar-refractivity contribution is -0.172. The van der Waals surface area contributed by atoms with Gasteiger partial charge in [0.2, 0.25) is 0 Å². The fourth-order valence-corrected chi connectivity index (χ4v) is 5.61. The van der Waals surface area contributed by atoms with Crippen LogP contribution in [0.15, 0.2) is 34.9 Å². The van der Waals surface area contributed by atoms with Crippen molar-refractivity contribution in [1.29, 1.82) is 0 Å². The SMILES string of the molecule is C/C=C(\C)C(=O)O[C@@H]1C[C@@H](C)[C@@](C)(CC/C(C)=C/C(=O)O)[C@@H]2CCC=C(C)[C@]12C. The van der Waals surface area contributed by atoms with Crippen LogP contribution in [0, 0.1) is 22.7 Å². The average molecular weight is 403 g/mol. The molecule has 0 bridgehead atoms. The van der Waals surface area contributed by atoms with Gasteiger partial charge in [-0.1, -0.05) is 44.1 Å². The molecular weight excluding hydrogens is 364 g/mol. The fourth-order valence-electron chi connectivity index (χ4n) is 5.61. The van der Waals surface area contributed by atoms with Crippen molar-refractivity contribution < 1.29 is 19.4 Å². The highest BCUT2D eigenvalue weighted by molar-refractivity contribution is 5.87. The molecule has 4 nitrogen and oxygen atoms in total. The monoisotopic (exact) mass is 402 g/mol. The van der Waals surface area contributed by atoms with E-state index in [0.717, 1.165) is 37.7 Å². The van der Waals surface area contributed by atoms with E-state index in [0.29, 0.717) is 17.4 Å². The van der Waals surface area contributed by atoms with E-state index in [9.17, 15) is 9.59 Å². The van der Waals surface area contributed by atoms with Gasteiger partial charge in [-0.3, -0.25) is 0 Å². The first kappa shape index (κ1) is 23.4. The molecule has 2 rings (SSSR count). The molecule has 0 aromatic heterocycles. The zero-order chi connectivity index (χ0) is 22.0. The van der Waals surface area contributed by atoms with Gasteiger partial charge in [0.05, 0.1) is 0 Å². The quantitative estimate of drug-likeness (QED) is 0.332. The molecule has 0 saturated heterocycles. The average Bonchev–Trinajstić information content (AvgIpc) is 2.65. The summed E-state index contributed by atoms with van der Waals surface area (Å²) in [5.74, 6) is -0.318. The minimum Gasteiger partial charge on any atom is -0.478 e. The number of hydrogen-bond acceptors (Lipinski definition) is 3. The molecule has 0 aliphatic heterocycles. The van der Waals surface area contributed by atoms with Crippen molar-refractivity contribution in [3.8, 4) is 0 Å². The highest BCUT2D eigenvalue weighted by Crippen LogP contribution is 2.62. The van der Waals surface area contributed by atoms with Gasteiger partial charge in [-0.05, 0) is 77.0 Å². The first-order chi connectivity index (χ1) is 13.5. The van der Waals surface area contributed by atoms with Crippen LogP contribution in [0.3, 0.4) is 0 Å². The van der Waals surface area contributed by atoms with Crippen LogP contribution < -0.4 is 0 Å². The van der Waals surface area contributed by atoms with E-state index in [1.165, 1.54) is 11.6 Å². The Hall–Kier alpha value is -1.84. The van der Waals surface area contributed by atoms with E-state index in [2.05, 4.69) is 33.8 Å². The maximum atomic E-state index is 12.6. The zero-order valence-electron chi connectivity index (χ0n) is 19.2. The second kappa shape index (κ2) is 8.89. The molecule has 0 aromatic carbocycles. The Morgan fingerprint density at radius 3 is 2.55 bits per heavy atom. The van der Waals surface area contributed by atoms with Gasteiger partial charge < -0.3 is 9.84 Å². The molecular formula is C25H38O4. The molecule has 0 radical (unpaired) electrons. The minimum absolute atomic E-state index is 0.0659. The molecule has 0 spiro atoms. The number of fused-ring (bicyclic) bond motifs is 1. The summed E-state index contributed by atoms with van der Waals surface area (Å²) in [5.41, 5.74) is 2.76. The first-order valence-electron chi connectivity index (χ1n) is 10.9. The maximum absolute atomic E-state index is 12.6. The number of esters is 1. The van der Waals surface area contributed by atoms with E-state index in [4.69, 9.17) is 9.84 Å². The number of allylic oxidation sites excluding steroid dienone is 3. The van der Waals surface area contributed by atoms with E-state index in [1.807, 2.05) is 13.8 Å². The van der Waals surface area contributed by atoms with Crippen LogP contribution in [0.2, 0.25) is 0 Å². The van der Waals surface area contributed by atoms with Crippen molar-refractivity contribution in [2.45, 2.75) is 86.7 Å². The normalized spacial score (nSPS) is 35.6. The third-order valence-corrected chi connectivity index (χ3v) is 8.07. The van der Waals surface area contributed by atoms with Gasteiger partial charge in [-0.15, -0.1) is 0 Å². The second-order valence-corrected chi connectivity index (χ2v) is 9.64. The Morgan fingerprint density at radius 1 is 1.31 bits per heavy atom. The molecule has 162 valence electrons. The summed E-state index contributed by atoms with van der Waals surface area (Å²) in [4.78, 5) is 23.6. The minimum atomic E-state index is -0.878. The Bertz CT molecular complexity index is 744. The van der Waals surface area contributed by atoms with Gasteiger partial charge in [0.1, 0.15) is 6.10 Å². The number of carbonyl (C=O) groups excluding carboxylic acids is 1. The molecule has 0 amide bonds. The standard InChI is InChI=1S/C25H38O4/c1-8-17(3)23(28)29-21-15-19(5)24(6,13-12-16(2)14-22(26)27)20-11-9-10-18(4)25(20,21)7/h8,10,14,19-21H,9,11-13,15H2,1-7H3,(H,26,27)/b16-14+,17-8+/t19-,20+,21-,24-,25+/m1/s1. The van der Waals surface area contributed by atoms with Crippen molar-refractivity contribution in [3.63, 3.8) is 0 Å². The van der Waals surface area contributed by atoms with Gasteiger partial charge >= 0.3 is 11.9 Å². The Labute approximate surface area is 176 Å². The molecule has 4 heteroatoms. The number of carboxylic acids is 1. The van der Waals surface area contributed by atoms with Gasteiger partial charge in [0.15, 0.2) is 0 Å². The van der Waals surface area contributed by atoms with Crippen LogP contribution in [0.1, 0.15) is 80.6 Å². The number of hydrogen-bond donors (Lipinski definition) is 1. The van der Waals surface area contributed by atoms with E-state index >= 15 is 0 Å². The van der Waals surface area contributed by atoms with Crippen LogP contribution in [0.5, 0.6) is 0 Å². The van der Waals surface area contributed by atoms with E-state index in [1.54, 1.807) is 13.0 Å². The summed E-state index contributed by atoms with van der Waals surface area (Å²) in [6, 6.07) is 0. The molecule has 2 aliphatic carbocycles. The van der Waals surface area contributed by atoms with E-state index in [-0.39, 0.29) is 22.9 Å². The topological polar surface area (TPSA) is 63.6 Å². The lowest BCUT2D eigenvalue weighted by Crippen LogP contribution is -2.57. The van der Waals surface area contributed by atoms with Crippen LogP contribution in [0.4, 0.5) is 0 Å². The predicted molar refractivity (Wildman–Crippen MR) is 116 cm³/mol. The van der Waals surface area contributed by atoms with Crippen molar-refractivity contribution in [3.05, 3.63) is 34.9 Å². The lowest BCUT2D eigenvalue weighted by Gasteiger charge is -2.60. The number of ether oxygens (including phenoxy) is 1. The van der Waals surface area contributed by atoms with Crippen molar-refractivity contribution in [1.82, 2.24) is 0 Å². The highest BCUT2D eigenvalue weighted by Gasteiger charge is 2.58. The summed E-state index contributed by atoms with van der Waals surface area (Å²) in [6.07, 6.45) is 10.00. The van der Waals surface area contributed by atoms with Crippen LogP contribution >= 0.6 is 0 Å². The molecule has 29 heavy (non-hydrogen) atoms. The highest BCUT2D eigenvalue weighted by atomic mass is 16.5. The first-order valence-corrected chi connectivity index (χ1v) is 10.9. The van der Waals surface area contributed by atoms with Crippen molar-refractivity contribution in [2.75, 3.05) is 0 Å². The summed E-state index contributed by atoms with van der Waals surface area (Å²) < 4.78 is 6.09. The molecule has 0 heterocycles. The summed E-state index contributed by atoms with van der Waals surface area (Å²) in [5, 5.41) is 9.05. The van der Waals surface area contributed by atoms with E-state index < -0.39 is 5.97 Å². The molecule has 1 N–H and O–H groups in total. The maximum Gasteiger partial charge on any atom is 0.333 e. The largest absolute Gasteiger partial charge is 0.478 e. The molecule has 0 aromatic rings. The third-order valence-electron chi connectivity index (χ3n) is 8.07. The Balaban J connectivity index is 2.37. The lowest BCUT2D eigenvalue weighted by atomic mass is 9.46. The predicted octanol–water partition coefficient (Wildman–Crippen LogP) is 6.08. The van der Waals surface area contributed by atoms with Gasteiger partial charge in [-0.25, -0.2) is 9.59 Å². The molecule has 2 aliphatic rings. The zero-order valence-corrected chi connectivity index (χ0v) is 19.2. The Kier molecular flexibility index (Phi) is 7.19. The number of carbonyl (C=O) groups is 2. The van der Waals surface area contributed by atoms with Crippen LogP contribution in [-0.2, 0) is 14.3 Å². The number of rotatable bonds is 6. The summed E-state index contributed by atoms with van der Waals surface area (Å²) in [6.45, 7) is 14.7. The third kappa shape index (κ3) is 4.51. The Morgan fingerprint density at radius 2 is 1.97 bits per heavy atom. The van der Waals surface area contributed by atoms with Crippen molar-refractivity contribution >= 4 is 11.9 Å². The number of aliphatic carboxylic acids is 1. The number of carboxylic acid groups (broad SMARTS) is 1. The van der Waals surface area contributed by atoms with Crippen molar-refractivity contribution in [2.24, 2.45) is 22.7 Å². The summed E-state index contributed by atoms with van der Waals surface area (Å²) in [7, 11) is 0. The molecule has 1 saturated carbocycles. The fraction of sp³-hybridized carbons (Fsp3) is 0.680. The van der Waals surface area contributed by atoms with Gasteiger partial charge in [-0.2, -0.15) is 0 Å². The molecule has 1 fully saturated rings. The van der Waals surface area contributed by atoms with Gasteiger partial charge in [0, 0.05) is 17.1 Å². The second-order valence-electron chi connectivity index (χ2n) is 9.64. The molecule has 5 atom stereocenters. The van der Waals surface area contributed by atoms with Crippen LogP contribution in [-0.4, -0.2) is 23.1 Å².